The molecule has 9 nitrogen and oxygen atoms in total. The average Bonchev–Trinajstić information content (AvgIpc) is 3.47. The zero-order valence-electron chi connectivity index (χ0n) is 25.9. The minimum absolute atomic E-state index is 0.0141. The standard InChI is InChI=1S/C32H41F3N6O3/c1-31(2,3)44-30(43)39(4)21-24-14-17-40(18-15-24)27-19-28(38-29(37-27)32(33,34)35)41-16-6-8-25(41)26(42)9-5-7-22-10-12-23(20-36)13-11-22/h10-13,19,24-25H,5-9,14-18,21H2,1-4H3/t25-/m0/s1. The van der Waals surface area contributed by atoms with Gasteiger partial charge < -0.3 is 19.4 Å². The molecule has 0 saturated carbocycles. The Morgan fingerprint density at radius 3 is 2.32 bits per heavy atom. The Morgan fingerprint density at radius 2 is 1.70 bits per heavy atom. The molecule has 2 saturated heterocycles. The highest BCUT2D eigenvalue weighted by Gasteiger charge is 2.39. The summed E-state index contributed by atoms with van der Waals surface area (Å²) in [6.07, 6.45) is -0.958. The Bertz CT molecular complexity index is 1340. The van der Waals surface area contributed by atoms with E-state index in [2.05, 4.69) is 16.0 Å². The first-order valence-corrected chi connectivity index (χ1v) is 15.2. The van der Waals surface area contributed by atoms with Gasteiger partial charge in [-0.1, -0.05) is 12.1 Å². The van der Waals surface area contributed by atoms with Crippen molar-refractivity contribution in [1.29, 1.82) is 5.26 Å². The molecule has 0 aliphatic carbocycles. The van der Waals surface area contributed by atoms with Crippen LogP contribution in [0.3, 0.4) is 0 Å². The third kappa shape index (κ3) is 8.83. The topological polar surface area (TPSA) is 103 Å². The predicted molar refractivity (Wildman–Crippen MR) is 160 cm³/mol. The Kier molecular flexibility index (Phi) is 10.4. The molecule has 0 radical (unpaired) electrons. The number of aryl methyl sites for hydroxylation is 1. The summed E-state index contributed by atoms with van der Waals surface area (Å²) in [4.78, 5) is 38.5. The minimum Gasteiger partial charge on any atom is -0.444 e. The van der Waals surface area contributed by atoms with Gasteiger partial charge in [0.25, 0.3) is 0 Å². The third-order valence-electron chi connectivity index (χ3n) is 8.02. The molecule has 4 rings (SSSR count). The molecule has 2 fully saturated rings. The number of carbonyl (C=O) groups excluding carboxylic acids is 2. The number of rotatable bonds is 9. The molecule has 0 bridgehead atoms. The first kappa shape index (κ1) is 33.0. The molecule has 0 spiro atoms. The molecular formula is C32H41F3N6O3. The first-order chi connectivity index (χ1) is 20.7. The molecule has 1 aromatic heterocycles. The van der Waals surface area contributed by atoms with Gasteiger partial charge in [-0.2, -0.15) is 18.4 Å². The van der Waals surface area contributed by atoms with Crippen LogP contribution in [0.15, 0.2) is 30.3 Å². The maximum atomic E-state index is 13.9. The number of nitrogens with zero attached hydrogens (tertiary/aromatic N) is 6. The summed E-state index contributed by atoms with van der Waals surface area (Å²) in [5.41, 5.74) is 1.00. The zero-order valence-corrected chi connectivity index (χ0v) is 25.9. The largest absolute Gasteiger partial charge is 0.451 e. The summed E-state index contributed by atoms with van der Waals surface area (Å²) >= 11 is 0. The van der Waals surface area contributed by atoms with Gasteiger partial charge in [0.05, 0.1) is 17.7 Å². The van der Waals surface area contributed by atoms with Crippen LogP contribution in [-0.2, 0) is 22.1 Å². The smallest absolute Gasteiger partial charge is 0.444 e. The molecule has 1 amide bonds. The lowest BCUT2D eigenvalue weighted by molar-refractivity contribution is -0.144. The molecule has 0 N–H and O–H groups in total. The van der Waals surface area contributed by atoms with E-state index in [1.807, 2.05) is 37.8 Å². The quantitative estimate of drug-likeness (QED) is 0.338. The molecule has 2 aromatic rings. The van der Waals surface area contributed by atoms with Crippen molar-refractivity contribution in [2.45, 2.75) is 83.5 Å². The van der Waals surface area contributed by atoms with Crippen LogP contribution < -0.4 is 9.80 Å². The second-order valence-electron chi connectivity index (χ2n) is 12.7. The lowest BCUT2D eigenvalue weighted by atomic mass is 9.96. The van der Waals surface area contributed by atoms with Gasteiger partial charge in [-0.3, -0.25) is 4.79 Å². The van der Waals surface area contributed by atoms with Gasteiger partial charge >= 0.3 is 12.3 Å². The van der Waals surface area contributed by atoms with Crippen LogP contribution in [0.1, 0.15) is 76.2 Å². The number of aromatic nitrogens is 2. The number of piperidine rings is 1. The van der Waals surface area contributed by atoms with E-state index < -0.39 is 29.7 Å². The fourth-order valence-corrected chi connectivity index (χ4v) is 5.76. The van der Waals surface area contributed by atoms with Crippen molar-refractivity contribution in [2.75, 3.05) is 43.0 Å². The lowest BCUT2D eigenvalue weighted by Crippen LogP contribution is -2.41. The highest BCUT2D eigenvalue weighted by atomic mass is 19.4. The molecule has 238 valence electrons. The van der Waals surface area contributed by atoms with Gasteiger partial charge in [-0.25, -0.2) is 14.8 Å². The summed E-state index contributed by atoms with van der Waals surface area (Å²) in [5, 5.41) is 8.97. The number of halogens is 3. The van der Waals surface area contributed by atoms with Gasteiger partial charge in [-0.15, -0.1) is 0 Å². The van der Waals surface area contributed by atoms with Crippen LogP contribution in [0.2, 0.25) is 0 Å². The van der Waals surface area contributed by atoms with E-state index >= 15 is 0 Å². The van der Waals surface area contributed by atoms with Crippen molar-refractivity contribution >= 4 is 23.5 Å². The Labute approximate surface area is 257 Å². The van der Waals surface area contributed by atoms with Crippen molar-refractivity contribution in [3.05, 3.63) is 47.3 Å². The van der Waals surface area contributed by atoms with E-state index in [0.717, 1.165) is 5.56 Å². The number of Topliss-reactive ketones (excluding diaryl/α,β-unsaturated/α-hetero) is 1. The molecule has 2 aliphatic heterocycles. The third-order valence-corrected chi connectivity index (χ3v) is 8.02. The van der Waals surface area contributed by atoms with Gasteiger partial charge in [0.2, 0.25) is 5.82 Å². The Hall–Kier alpha value is -3.88. The molecule has 2 aliphatic rings. The molecule has 0 unspecified atom stereocenters. The zero-order chi connectivity index (χ0) is 32.1. The molecular weight excluding hydrogens is 573 g/mol. The fraction of sp³-hybridized carbons (Fsp3) is 0.594. The number of amides is 1. The molecule has 12 heteroatoms. The Morgan fingerprint density at radius 1 is 1.05 bits per heavy atom. The van der Waals surface area contributed by atoms with Crippen molar-refractivity contribution in [3.8, 4) is 6.07 Å². The fourth-order valence-electron chi connectivity index (χ4n) is 5.76. The van der Waals surface area contributed by atoms with Crippen molar-refractivity contribution in [2.24, 2.45) is 5.92 Å². The number of anilines is 2. The molecule has 1 aromatic carbocycles. The highest BCUT2D eigenvalue weighted by Crippen LogP contribution is 2.34. The van der Waals surface area contributed by atoms with Gasteiger partial charge in [-0.05, 0) is 82.9 Å². The second kappa shape index (κ2) is 13.8. The van der Waals surface area contributed by atoms with Gasteiger partial charge in [0.1, 0.15) is 17.2 Å². The van der Waals surface area contributed by atoms with Crippen molar-refractivity contribution in [1.82, 2.24) is 14.9 Å². The van der Waals surface area contributed by atoms with Crippen LogP contribution in [0.4, 0.5) is 29.6 Å². The van der Waals surface area contributed by atoms with Gasteiger partial charge in [0, 0.05) is 45.7 Å². The van der Waals surface area contributed by atoms with E-state index in [4.69, 9.17) is 10.00 Å². The monoisotopic (exact) mass is 614 g/mol. The molecule has 1 atom stereocenters. The van der Waals surface area contributed by atoms with Crippen LogP contribution in [0.25, 0.3) is 0 Å². The number of ether oxygens (including phenoxy) is 1. The van der Waals surface area contributed by atoms with E-state index in [1.54, 1.807) is 35.0 Å². The molecule has 3 heterocycles. The SMILES string of the molecule is CN(CC1CCN(c2cc(N3CCC[C@H]3C(=O)CCCc3ccc(C#N)cc3)nc(C(F)(F)F)n2)CC1)C(=O)OC(C)(C)C. The van der Waals surface area contributed by atoms with E-state index in [9.17, 15) is 22.8 Å². The normalized spacial score (nSPS) is 17.8. The van der Waals surface area contributed by atoms with E-state index in [-0.39, 0.29) is 23.3 Å². The average molecular weight is 615 g/mol. The van der Waals surface area contributed by atoms with Crippen LogP contribution in [-0.4, -0.2) is 71.6 Å². The van der Waals surface area contributed by atoms with Crippen LogP contribution >= 0.6 is 0 Å². The number of ketones is 1. The number of carbonyl (C=O) groups is 2. The number of nitriles is 1. The summed E-state index contributed by atoms with van der Waals surface area (Å²) in [5.74, 6) is -0.732. The highest BCUT2D eigenvalue weighted by molar-refractivity contribution is 5.87. The van der Waals surface area contributed by atoms with Crippen molar-refractivity contribution in [3.63, 3.8) is 0 Å². The number of benzene rings is 1. The maximum absolute atomic E-state index is 13.9. The minimum atomic E-state index is -4.74. The van der Waals surface area contributed by atoms with Crippen LogP contribution in [0.5, 0.6) is 0 Å². The molecule has 44 heavy (non-hydrogen) atoms. The van der Waals surface area contributed by atoms with Crippen molar-refractivity contribution < 1.29 is 27.5 Å². The van der Waals surface area contributed by atoms with E-state index in [0.29, 0.717) is 76.7 Å². The predicted octanol–water partition coefficient (Wildman–Crippen LogP) is 6.01. The summed E-state index contributed by atoms with van der Waals surface area (Å²) in [6.45, 7) is 7.33. The summed E-state index contributed by atoms with van der Waals surface area (Å²) < 4.78 is 47.2. The number of hydrogen-bond acceptors (Lipinski definition) is 8. The first-order valence-electron chi connectivity index (χ1n) is 15.2. The maximum Gasteiger partial charge on any atom is 0.451 e. The van der Waals surface area contributed by atoms with Crippen LogP contribution in [0, 0.1) is 17.2 Å². The lowest BCUT2D eigenvalue weighted by Gasteiger charge is -2.35. The second-order valence-corrected chi connectivity index (χ2v) is 12.7. The van der Waals surface area contributed by atoms with Gasteiger partial charge in [0.15, 0.2) is 5.78 Å². The number of hydrogen-bond donors (Lipinski definition) is 0. The van der Waals surface area contributed by atoms with E-state index in [1.165, 1.54) is 0 Å². The number of alkyl halides is 3. The Balaban J connectivity index is 1.41. The summed E-state index contributed by atoms with van der Waals surface area (Å²) in [6, 6.07) is 10.3. The summed E-state index contributed by atoms with van der Waals surface area (Å²) in [7, 11) is 1.69.